The number of nitrogens with one attached hydrogen (secondary N) is 1. The summed E-state index contributed by atoms with van der Waals surface area (Å²) in [4.78, 5) is 38.9. The fraction of sp³-hybridized carbons (Fsp3) is 0.276. The van der Waals surface area contributed by atoms with Crippen molar-refractivity contribution in [3.63, 3.8) is 0 Å². The van der Waals surface area contributed by atoms with Crippen molar-refractivity contribution in [2.45, 2.75) is 18.9 Å². The van der Waals surface area contributed by atoms with Gasteiger partial charge in [0, 0.05) is 19.1 Å². The largest absolute Gasteiger partial charge is 0.493 e. The van der Waals surface area contributed by atoms with Gasteiger partial charge in [-0.3, -0.25) is 9.59 Å². The van der Waals surface area contributed by atoms with Gasteiger partial charge < -0.3 is 33.9 Å². The van der Waals surface area contributed by atoms with Crippen molar-refractivity contribution in [2.24, 2.45) is 0 Å². The Hall–Kier alpha value is -4.73. The zero-order valence-corrected chi connectivity index (χ0v) is 22.3. The Morgan fingerprint density at radius 3 is 2.00 bits per heavy atom. The molecule has 0 aromatic heterocycles. The molecule has 0 radical (unpaired) electrons. The molecule has 2 atom stereocenters. The van der Waals surface area contributed by atoms with Gasteiger partial charge in [0.2, 0.25) is 17.6 Å². The number of hydrogen-bond donors (Lipinski definition) is 1. The van der Waals surface area contributed by atoms with Gasteiger partial charge in [-0.2, -0.15) is 0 Å². The van der Waals surface area contributed by atoms with Crippen molar-refractivity contribution in [2.75, 3.05) is 39.9 Å². The van der Waals surface area contributed by atoms with Crippen molar-refractivity contribution >= 4 is 23.5 Å². The van der Waals surface area contributed by atoms with Gasteiger partial charge >= 0.3 is 5.97 Å². The van der Waals surface area contributed by atoms with Gasteiger partial charge in [0.25, 0.3) is 0 Å². The van der Waals surface area contributed by atoms with E-state index in [9.17, 15) is 14.4 Å². The van der Waals surface area contributed by atoms with Crippen LogP contribution in [0.4, 0.5) is 5.69 Å². The molecule has 0 aliphatic carbocycles. The van der Waals surface area contributed by atoms with E-state index in [0.29, 0.717) is 34.2 Å². The molecular formula is C29H30N2O8. The second kappa shape index (κ2) is 11.8. The number of anilines is 1. The van der Waals surface area contributed by atoms with Gasteiger partial charge in [0.1, 0.15) is 6.54 Å². The van der Waals surface area contributed by atoms with E-state index in [1.807, 2.05) is 36.4 Å². The third-order valence-electron chi connectivity index (χ3n) is 6.42. The molecule has 2 amide bonds. The second-order valence-electron chi connectivity index (χ2n) is 8.72. The predicted octanol–water partition coefficient (Wildman–Crippen LogP) is 3.63. The number of hydrogen-bond acceptors (Lipinski definition) is 8. The zero-order chi connectivity index (χ0) is 28.1. The van der Waals surface area contributed by atoms with Crippen LogP contribution in [0.15, 0.2) is 60.7 Å². The molecule has 1 heterocycles. The monoisotopic (exact) mass is 534 g/mol. The van der Waals surface area contributed by atoms with E-state index in [0.717, 1.165) is 5.56 Å². The fourth-order valence-electron chi connectivity index (χ4n) is 4.62. The Labute approximate surface area is 226 Å². The SMILES string of the molecule is COc1ccc([C@H]2[C@H](c3ccccc3)C(=O)N2c2cc(OC)c(OC)c(OC)c2)cc1OC(=O)CNC(C)=O. The second-order valence-corrected chi connectivity index (χ2v) is 8.72. The summed E-state index contributed by atoms with van der Waals surface area (Å²) < 4.78 is 27.4. The number of carbonyl (C=O) groups excluding carboxylic acids is 3. The normalized spacial score (nSPS) is 16.1. The van der Waals surface area contributed by atoms with Crippen LogP contribution >= 0.6 is 0 Å². The molecule has 1 saturated heterocycles. The summed E-state index contributed by atoms with van der Waals surface area (Å²) in [5.74, 6) is 0.0804. The molecule has 0 bridgehead atoms. The van der Waals surface area contributed by atoms with E-state index in [-0.39, 0.29) is 24.1 Å². The van der Waals surface area contributed by atoms with Crippen LogP contribution in [0.3, 0.4) is 0 Å². The highest BCUT2D eigenvalue weighted by molar-refractivity contribution is 6.07. The van der Waals surface area contributed by atoms with Crippen LogP contribution in [0.1, 0.15) is 30.0 Å². The lowest BCUT2D eigenvalue weighted by Crippen LogP contribution is -2.53. The van der Waals surface area contributed by atoms with Crippen molar-refractivity contribution in [1.29, 1.82) is 0 Å². The lowest BCUT2D eigenvalue weighted by atomic mass is 9.77. The maximum Gasteiger partial charge on any atom is 0.330 e. The number of β-lactam (4-membered cyclic amide) rings is 1. The van der Waals surface area contributed by atoms with Gasteiger partial charge in [0.05, 0.1) is 46.1 Å². The van der Waals surface area contributed by atoms with Crippen LogP contribution in [0.2, 0.25) is 0 Å². The Morgan fingerprint density at radius 2 is 1.44 bits per heavy atom. The molecule has 10 nitrogen and oxygen atoms in total. The van der Waals surface area contributed by atoms with E-state index >= 15 is 0 Å². The summed E-state index contributed by atoms with van der Waals surface area (Å²) in [6.07, 6.45) is 0. The van der Waals surface area contributed by atoms with Gasteiger partial charge in [-0.15, -0.1) is 0 Å². The molecule has 0 saturated carbocycles. The minimum Gasteiger partial charge on any atom is -0.493 e. The molecule has 1 aliphatic rings. The molecule has 1 aliphatic heterocycles. The Kier molecular flexibility index (Phi) is 8.24. The lowest BCUT2D eigenvalue weighted by molar-refractivity contribution is -0.135. The van der Waals surface area contributed by atoms with Crippen LogP contribution < -0.4 is 33.9 Å². The van der Waals surface area contributed by atoms with Crippen LogP contribution in [-0.2, 0) is 14.4 Å². The van der Waals surface area contributed by atoms with Crippen molar-refractivity contribution < 1.29 is 38.1 Å². The highest BCUT2D eigenvalue weighted by Gasteiger charge is 2.50. The van der Waals surface area contributed by atoms with Crippen LogP contribution in [-0.4, -0.2) is 52.8 Å². The molecule has 1 fully saturated rings. The molecule has 10 heteroatoms. The lowest BCUT2D eigenvalue weighted by Gasteiger charge is -2.48. The third-order valence-corrected chi connectivity index (χ3v) is 6.42. The average molecular weight is 535 g/mol. The summed E-state index contributed by atoms with van der Waals surface area (Å²) in [7, 11) is 5.99. The summed E-state index contributed by atoms with van der Waals surface area (Å²) in [5.41, 5.74) is 2.10. The highest BCUT2D eigenvalue weighted by atomic mass is 16.6. The van der Waals surface area contributed by atoms with E-state index in [2.05, 4.69) is 5.32 Å². The number of ether oxygens (including phenoxy) is 5. The van der Waals surface area contributed by atoms with Gasteiger partial charge in [-0.25, -0.2) is 4.79 Å². The molecule has 3 aromatic carbocycles. The summed E-state index contributed by atoms with van der Waals surface area (Å²) >= 11 is 0. The van der Waals surface area contributed by atoms with Gasteiger partial charge in [-0.1, -0.05) is 36.4 Å². The van der Waals surface area contributed by atoms with Crippen LogP contribution in [0.5, 0.6) is 28.7 Å². The van der Waals surface area contributed by atoms with E-state index in [1.54, 1.807) is 29.2 Å². The summed E-state index contributed by atoms with van der Waals surface area (Å²) in [5, 5.41) is 2.42. The molecule has 3 aromatic rings. The molecule has 0 unspecified atom stereocenters. The maximum absolute atomic E-state index is 13.7. The van der Waals surface area contributed by atoms with E-state index in [4.69, 9.17) is 23.7 Å². The van der Waals surface area contributed by atoms with E-state index < -0.39 is 17.9 Å². The number of carbonyl (C=O) groups is 3. The minimum atomic E-state index is -0.661. The quantitative estimate of drug-likeness (QED) is 0.238. The van der Waals surface area contributed by atoms with Gasteiger partial charge in [-0.05, 0) is 23.3 Å². The number of amides is 2. The zero-order valence-electron chi connectivity index (χ0n) is 22.3. The Morgan fingerprint density at radius 1 is 0.795 bits per heavy atom. The summed E-state index contributed by atoms with van der Waals surface area (Å²) in [6, 6.07) is 17.6. The summed E-state index contributed by atoms with van der Waals surface area (Å²) in [6.45, 7) is 1.01. The predicted molar refractivity (Wildman–Crippen MR) is 143 cm³/mol. The van der Waals surface area contributed by atoms with E-state index in [1.165, 1.54) is 35.4 Å². The first-order chi connectivity index (χ1) is 18.8. The minimum absolute atomic E-state index is 0.125. The smallest absolute Gasteiger partial charge is 0.330 e. The van der Waals surface area contributed by atoms with Gasteiger partial charge in [0.15, 0.2) is 23.0 Å². The van der Waals surface area contributed by atoms with Crippen molar-refractivity contribution in [1.82, 2.24) is 5.32 Å². The maximum atomic E-state index is 13.7. The first kappa shape index (κ1) is 27.3. The molecule has 204 valence electrons. The first-order valence-electron chi connectivity index (χ1n) is 12.1. The fourth-order valence-corrected chi connectivity index (χ4v) is 4.62. The number of rotatable bonds is 10. The average Bonchev–Trinajstić information content (AvgIpc) is 2.94. The third kappa shape index (κ3) is 5.45. The standard InChI is InChI=1S/C29H30N2O8/c1-17(32)30-16-25(33)39-22-13-19(11-12-21(22)35-2)27-26(18-9-7-6-8-10-18)29(34)31(27)20-14-23(36-3)28(38-5)24(15-20)37-4/h6-15,26-27H,16H2,1-5H3,(H,30,32)/t26-,27-/m0/s1. The topological polar surface area (TPSA) is 113 Å². The van der Waals surface area contributed by atoms with Crippen molar-refractivity contribution in [3.8, 4) is 28.7 Å². The molecular weight excluding hydrogens is 504 g/mol. The molecule has 39 heavy (non-hydrogen) atoms. The molecule has 0 spiro atoms. The number of nitrogens with zero attached hydrogens (tertiary/aromatic N) is 1. The Bertz CT molecular complexity index is 1350. The molecule has 4 rings (SSSR count). The van der Waals surface area contributed by atoms with Crippen LogP contribution in [0.25, 0.3) is 0 Å². The highest BCUT2D eigenvalue weighted by Crippen LogP contribution is 2.52. The number of benzene rings is 3. The number of methoxy groups -OCH3 is 4. The number of esters is 1. The Balaban J connectivity index is 1.79. The first-order valence-corrected chi connectivity index (χ1v) is 12.1. The van der Waals surface area contributed by atoms with Crippen molar-refractivity contribution in [3.05, 3.63) is 71.8 Å². The molecule has 1 N–H and O–H groups in total. The van der Waals surface area contributed by atoms with Crippen LogP contribution in [0, 0.1) is 0 Å².